The molecular formula is C16H17N4NaO7S. The predicted molar refractivity (Wildman–Crippen MR) is 97.6 cm³/mol. The summed E-state index contributed by atoms with van der Waals surface area (Å²) in [4.78, 5) is 31.3. The maximum absolute atomic E-state index is 12.0. The molecule has 1 aromatic carbocycles. The number of nitrogens with one attached hydrogen (secondary N) is 1. The van der Waals surface area contributed by atoms with E-state index in [4.69, 9.17) is 13.7 Å². The summed E-state index contributed by atoms with van der Waals surface area (Å²) in [6, 6.07) is 5.49. The minimum Gasteiger partial charge on any atom is -0.481 e. The quantitative estimate of drug-likeness (QED) is 0.439. The van der Waals surface area contributed by atoms with E-state index in [9.17, 15) is 18.0 Å². The van der Waals surface area contributed by atoms with Gasteiger partial charge in [0.15, 0.2) is 6.03 Å². The molecule has 0 saturated carbocycles. The van der Waals surface area contributed by atoms with Crippen molar-refractivity contribution in [1.29, 1.82) is 0 Å². The third-order valence-electron chi connectivity index (χ3n) is 3.00. The van der Waals surface area contributed by atoms with Crippen molar-refractivity contribution in [2.75, 3.05) is 19.0 Å². The van der Waals surface area contributed by atoms with Crippen LogP contribution in [0.15, 0.2) is 30.3 Å². The summed E-state index contributed by atoms with van der Waals surface area (Å²) >= 11 is 0. The fourth-order valence-electron chi connectivity index (χ4n) is 1.95. The fourth-order valence-corrected chi connectivity index (χ4v) is 2.58. The van der Waals surface area contributed by atoms with Crippen LogP contribution in [0.3, 0.4) is 0 Å². The molecule has 0 aliphatic carbocycles. The Morgan fingerprint density at radius 2 is 1.93 bits per heavy atom. The third-order valence-corrected chi connectivity index (χ3v) is 3.79. The monoisotopic (exact) mass is 432 g/mol. The number of benzene rings is 1. The topological polar surface area (TPSA) is 148 Å². The molecule has 11 nitrogen and oxygen atoms in total. The zero-order valence-corrected chi connectivity index (χ0v) is 19.0. The molecule has 1 N–H and O–H groups in total. The number of methoxy groups -OCH3 is 1. The number of rotatable bonds is 7. The SMILES string of the molecule is CCOC(=O)c1cccc(OS(=O)(=O)[N-]C(=O)Nc2nc(C)cc(OC)n2)c1.[Na+]. The second-order valence-electron chi connectivity index (χ2n) is 5.16. The molecule has 0 radical (unpaired) electrons. The van der Waals surface area contributed by atoms with Crippen molar-refractivity contribution in [3.63, 3.8) is 0 Å². The van der Waals surface area contributed by atoms with Gasteiger partial charge in [-0.25, -0.2) is 9.78 Å². The first-order chi connectivity index (χ1) is 13.2. The Kier molecular flexibility index (Phi) is 9.30. The van der Waals surface area contributed by atoms with Gasteiger partial charge in [0.1, 0.15) is 11.7 Å². The summed E-state index contributed by atoms with van der Waals surface area (Å²) in [7, 11) is -3.29. The van der Waals surface area contributed by atoms with Gasteiger partial charge in [-0.05, 0) is 32.0 Å². The standard InChI is InChI=1S/C16H18N4O7S.Na/c1-4-26-14(21)11-6-5-7-12(9-11)27-28(23,24)20-16(22)19-15-17-10(2)8-13(18-15)25-3;/h5-9H,4H2,1-3H3,(H2,17,18,19,20,22);/q;+1/p-1. The number of esters is 1. The van der Waals surface area contributed by atoms with E-state index < -0.39 is 22.3 Å². The van der Waals surface area contributed by atoms with Gasteiger partial charge in [0, 0.05) is 11.8 Å². The van der Waals surface area contributed by atoms with Gasteiger partial charge >= 0.3 is 45.8 Å². The Hall–Kier alpha value is -2.41. The molecule has 1 heterocycles. The minimum absolute atomic E-state index is 0. The number of carbonyl (C=O) groups excluding carboxylic acids is 2. The average Bonchev–Trinajstić information content (AvgIpc) is 2.60. The smallest absolute Gasteiger partial charge is 0.481 e. The van der Waals surface area contributed by atoms with Crippen molar-refractivity contribution >= 4 is 28.3 Å². The molecule has 150 valence electrons. The zero-order valence-electron chi connectivity index (χ0n) is 16.2. The second kappa shape index (κ2) is 11.0. The molecule has 0 atom stereocenters. The Balaban J connectivity index is 0.00000420. The van der Waals surface area contributed by atoms with Crippen LogP contribution in [-0.4, -0.2) is 44.1 Å². The first-order valence-electron chi connectivity index (χ1n) is 7.87. The zero-order chi connectivity index (χ0) is 20.7. The minimum atomic E-state index is -4.66. The summed E-state index contributed by atoms with van der Waals surface area (Å²) in [5, 5.41) is 2.10. The van der Waals surface area contributed by atoms with Crippen LogP contribution in [-0.2, 0) is 15.0 Å². The molecule has 0 aliphatic heterocycles. The summed E-state index contributed by atoms with van der Waals surface area (Å²) in [5.41, 5.74) is 0.566. The summed E-state index contributed by atoms with van der Waals surface area (Å²) < 4.78 is 41.4. The Morgan fingerprint density at radius 3 is 2.59 bits per heavy atom. The Bertz CT molecular complexity index is 985. The van der Waals surface area contributed by atoms with Gasteiger partial charge in [0.25, 0.3) is 0 Å². The number of carbonyl (C=O) groups is 2. The number of hydrogen-bond donors (Lipinski definition) is 1. The van der Waals surface area contributed by atoms with Crippen LogP contribution >= 0.6 is 0 Å². The summed E-state index contributed by atoms with van der Waals surface area (Å²) in [6.07, 6.45) is 0. The van der Waals surface area contributed by atoms with Crippen LogP contribution in [0, 0.1) is 6.92 Å². The van der Waals surface area contributed by atoms with E-state index in [1.54, 1.807) is 13.8 Å². The van der Waals surface area contributed by atoms with Gasteiger partial charge in [-0.2, -0.15) is 13.4 Å². The van der Waals surface area contributed by atoms with Crippen LogP contribution in [0.1, 0.15) is 23.0 Å². The van der Waals surface area contributed by atoms with Crippen LogP contribution in [0.5, 0.6) is 11.6 Å². The molecule has 0 aliphatic rings. The molecule has 1 aromatic heterocycles. The molecule has 2 aromatic rings. The third kappa shape index (κ3) is 7.85. The van der Waals surface area contributed by atoms with Gasteiger partial charge in [-0.1, -0.05) is 6.07 Å². The normalized spacial score (nSPS) is 10.3. The second-order valence-corrected chi connectivity index (χ2v) is 6.36. The maximum Gasteiger partial charge on any atom is 1.00 e. The van der Waals surface area contributed by atoms with Crippen molar-refractivity contribution in [2.45, 2.75) is 13.8 Å². The number of anilines is 1. The van der Waals surface area contributed by atoms with Gasteiger partial charge in [0.2, 0.25) is 5.88 Å². The van der Waals surface area contributed by atoms with Crippen molar-refractivity contribution in [2.24, 2.45) is 0 Å². The molecule has 13 heteroatoms. The van der Waals surface area contributed by atoms with Crippen LogP contribution < -0.4 is 43.8 Å². The van der Waals surface area contributed by atoms with E-state index >= 15 is 0 Å². The average molecular weight is 432 g/mol. The molecule has 0 unspecified atom stereocenters. The van der Waals surface area contributed by atoms with Gasteiger partial charge in [-0.15, -0.1) is 0 Å². The van der Waals surface area contributed by atoms with E-state index in [0.717, 1.165) is 6.07 Å². The molecule has 29 heavy (non-hydrogen) atoms. The maximum atomic E-state index is 12.0. The molecule has 2 amide bonds. The first kappa shape index (κ1) is 24.6. The number of ether oxygens (including phenoxy) is 2. The van der Waals surface area contributed by atoms with Crippen LogP contribution in [0.25, 0.3) is 4.72 Å². The van der Waals surface area contributed by atoms with Crippen molar-refractivity contribution in [1.82, 2.24) is 9.97 Å². The molecule has 0 saturated heterocycles. The molecule has 0 fully saturated rings. The van der Waals surface area contributed by atoms with E-state index in [-0.39, 0.29) is 59.3 Å². The molecule has 2 rings (SSSR count). The number of nitrogens with zero attached hydrogens (tertiary/aromatic N) is 3. The van der Waals surface area contributed by atoms with E-state index in [1.807, 2.05) is 0 Å². The van der Waals surface area contributed by atoms with E-state index in [2.05, 4.69) is 20.0 Å². The summed E-state index contributed by atoms with van der Waals surface area (Å²) in [6.45, 7) is 3.42. The van der Waals surface area contributed by atoms with E-state index in [1.165, 1.54) is 31.4 Å². The largest absolute Gasteiger partial charge is 1.00 e. The number of aromatic nitrogens is 2. The van der Waals surface area contributed by atoms with Gasteiger partial charge in [-0.3, -0.25) is 9.52 Å². The number of aryl methyl sites for hydroxylation is 1. The first-order valence-corrected chi connectivity index (χ1v) is 9.24. The van der Waals surface area contributed by atoms with Crippen LogP contribution in [0.2, 0.25) is 0 Å². The van der Waals surface area contributed by atoms with Gasteiger partial charge in [0.05, 0.1) is 19.3 Å². The molecule has 0 spiro atoms. The van der Waals surface area contributed by atoms with E-state index in [0.29, 0.717) is 5.69 Å². The van der Waals surface area contributed by atoms with Gasteiger partial charge < -0.3 is 19.0 Å². The molecule has 0 bridgehead atoms. The number of hydrogen-bond acceptors (Lipinski definition) is 9. The summed E-state index contributed by atoms with van der Waals surface area (Å²) in [5.74, 6) is -0.871. The fraction of sp³-hybridized carbons (Fsp3) is 0.250. The number of amides is 2. The number of urea groups is 1. The van der Waals surface area contributed by atoms with Crippen LogP contribution in [0.4, 0.5) is 10.7 Å². The Labute approximate surface area is 189 Å². The predicted octanol–water partition coefficient (Wildman–Crippen LogP) is -0.796. The van der Waals surface area contributed by atoms with Crippen molar-refractivity contribution < 1.29 is 61.2 Å². The molecular weight excluding hydrogens is 415 g/mol. The van der Waals surface area contributed by atoms with Crippen molar-refractivity contribution in [3.05, 3.63) is 46.3 Å². The van der Waals surface area contributed by atoms with Crippen molar-refractivity contribution in [3.8, 4) is 11.6 Å². The Morgan fingerprint density at radius 1 is 1.21 bits per heavy atom.